The molecule has 0 aromatic heterocycles. The molecule has 3 aromatic carbocycles. The first-order chi connectivity index (χ1) is 14.6. The van der Waals surface area contributed by atoms with Crippen LogP contribution in [0, 0.1) is 0 Å². The summed E-state index contributed by atoms with van der Waals surface area (Å²) < 4.78 is 18.4. The predicted molar refractivity (Wildman–Crippen MR) is 116 cm³/mol. The molecule has 154 valence electrons. The highest BCUT2D eigenvalue weighted by Crippen LogP contribution is 2.36. The lowest BCUT2D eigenvalue weighted by Gasteiger charge is -2.44. The molecule has 3 aromatic rings. The predicted octanol–water partition coefficient (Wildman–Crippen LogP) is 6.01. The van der Waals surface area contributed by atoms with Crippen LogP contribution in [0.4, 0.5) is 0 Å². The smallest absolute Gasteiger partial charge is 0.200 e. The topological polar surface area (TPSA) is 76.5 Å². The highest BCUT2D eigenvalue weighted by molar-refractivity contribution is 5.83. The van der Waals surface area contributed by atoms with Crippen LogP contribution in [0.3, 0.4) is 0 Å². The van der Waals surface area contributed by atoms with Crippen molar-refractivity contribution >= 4 is 10.8 Å². The van der Waals surface area contributed by atoms with Crippen LogP contribution in [0.25, 0.3) is 21.2 Å². The number of fused-ring (bicyclic) bond motifs is 1. The van der Waals surface area contributed by atoms with Gasteiger partial charge in [-0.25, -0.2) is 0 Å². The minimum Gasteiger partial charge on any atom is -0.465 e. The second-order valence-corrected chi connectivity index (χ2v) is 7.87. The van der Waals surface area contributed by atoms with E-state index in [4.69, 9.17) is 14.2 Å². The number of hydrogen-bond acceptors (Lipinski definition) is 4. The Labute approximate surface area is 176 Å². The summed E-state index contributed by atoms with van der Waals surface area (Å²) in [4.78, 5) is 3.09. The normalized spacial score (nSPS) is 26.1. The maximum Gasteiger partial charge on any atom is 0.200 e. The second-order valence-electron chi connectivity index (χ2n) is 7.87. The Morgan fingerprint density at radius 3 is 2.57 bits per heavy atom. The zero-order valence-electron chi connectivity index (χ0n) is 17.1. The molecule has 1 saturated heterocycles. The molecule has 0 amide bonds. The van der Waals surface area contributed by atoms with Crippen molar-refractivity contribution in [3.8, 4) is 5.75 Å². The molecule has 0 unspecified atom stereocenters. The second kappa shape index (κ2) is 8.76. The third-order valence-electron chi connectivity index (χ3n) is 5.52. The van der Waals surface area contributed by atoms with Gasteiger partial charge in [0.05, 0.1) is 24.4 Å². The molecule has 0 radical (unpaired) electrons. The van der Waals surface area contributed by atoms with Gasteiger partial charge < -0.3 is 14.2 Å². The molecular weight excluding hydrogens is 378 g/mol. The molecule has 1 aliphatic rings. The highest BCUT2D eigenvalue weighted by Gasteiger charge is 2.46. The number of ether oxygens (including phenoxy) is 3. The average molecular weight is 403 g/mol. The summed E-state index contributed by atoms with van der Waals surface area (Å²) in [6.07, 6.45) is -0.824. The lowest BCUT2D eigenvalue weighted by molar-refractivity contribution is -0.219. The number of nitrogens with zero attached hydrogens (tertiary/aromatic N) is 3. The summed E-state index contributed by atoms with van der Waals surface area (Å²) in [6, 6.07) is 24.0. The first kappa shape index (κ1) is 20.2. The van der Waals surface area contributed by atoms with Crippen molar-refractivity contribution in [2.75, 3.05) is 0 Å². The van der Waals surface area contributed by atoms with Crippen LogP contribution in [0.5, 0.6) is 5.75 Å². The van der Waals surface area contributed by atoms with Gasteiger partial charge in [0.15, 0.2) is 0 Å². The van der Waals surface area contributed by atoms with Gasteiger partial charge in [0.2, 0.25) is 6.29 Å². The molecule has 1 aliphatic heterocycles. The summed E-state index contributed by atoms with van der Waals surface area (Å²) in [6.45, 7) is 4.25. The summed E-state index contributed by atoms with van der Waals surface area (Å²) in [7, 11) is 0. The molecule has 0 bridgehead atoms. The van der Waals surface area contributed by atoms with E-state index in [1.54, 1.807) is 0 Å². The molecule has 6 nitrogen and oxygen atoms in total. The Morgan fingerprint density at radius 1 is 1.07 bits per heavy atom. The van der Waals surface area contributed by atoms with Gasteiger partial charge >= 0.3 is 0 Å². The fraction of sp³-hybridized carbons (Fsp3) is 0.333. The van der Waals surface area contributed by atoms with Crippen LogP contribution < -0.4 is 4.74 Å². The Morgan fingerprint density at radius 2 is 1.80 bits per heavy atom. The Balaban J connectivity index is 1.50. The van der Waals surface area contributed by atoms with Crippen molar-refractivity contribution in [2.24, 2.45) is 5.11 Å². The summed E-state index contributed by atoms with van der Waals surface area (Å²) >= 11 is 0. The lowest BCUT2D eigenvalue weighted by Crippen LogP contribution is -2.55. The van der Waals surface area contributed by atoms with Gasteiger partial charge in [-0.1, -0.05) is 72.7 Å². The summed E-state index contributed by atoms with van der Waals surface area (Å²) in [5.74, 6) is 0.720. The van der Waals surface area contributed by atoms with Gasteiger partial charge in [-0.2, -0.15) is 0 Å². The van der Waals surface area contributed by atoms with Gasteiger partial charge in [0.1, 0.15) is 5.75 Å². The van der Waals surface area contributed by atoms with E-state index in [-0.39, 0.29) is 12.2 Å². The Kier molecular flexibility index (Phi) is 5.91. The Bertz CT molecular complexity index is 1050. The van der Waals surface area contributed by atoms with Crippen molar-refractivity contribution in [2.45, 2.75) is 50.9 Å². The van der Waals surface area contributed by atoms with E-state index in [9.17, 15) is 5.53 Å². The van der Waals surface area contributed by atoms with E-state index in [1.807, 2.05) is 80.6 Å². The number of rotatable bonds is 6. The van der Waals surface area contributed by atoms with Crippen molar-refractivity contribution < 1.29 is 14.2 Å². The standard InChI is InChI=1S/C24H25N3O3/c1-17-23(28-16-18-8-4-3-5-9-18)24(2,26-27-25)15-22(29-17)30-21-13-12-19-10-6-7-11-20(19)14-21/h3-14,17,22-23H,15-16H2,1-2H3/t17-,22+,23+,24-/m0/s1. The molecule has 1 heterocycles. The van der Waals surface area contributed by atoms with Crippen molar-refractivity contribution in [3.05, 3.63) is 88.8 Å². The quantitative estimate of drug-likeness (QED) is 0.287. The van der Waals surface area contributed by atoms with E-state index < -0.39 is 11.8 Å². The first-order valence-electron chi connectivity index (χ1n) is 10.1. The zero-order chi connectivity index (χ0) is 21.0. The van der Waals surface area contributed by atoms with Gasteiger partial charge in [-0.15, -0.1) is 0 Å². The summed E-state index contributed by atoms with van der Waals surface area (Å²) in [5.41, 5.74) is 9.46. The Hall–Kier alpha value is -3.05. The van der Waals surface area contributed by atoms with E-state index in [2.05, 4.69) is 16.1 Å². The molecule has 4 atom stereocenters. The van der Waals surface area contributed by atoms with Crippen LogP contribution in [0.15, 0.2) is 77.9 Å². The maximum atomic E-state index is 9.19. The minimum atomic E-state index is -0.789. The molecule has 30 heavy (non-hydrogen) atoms. The van der Waals surface area contributed by atoms with Crippen LogP contribution in [0.1, 0.15) is 25.8 Å². The van der Waals surface area contributed by atoms with E-state index in [0.29, 0.717) is 13.0 Å². The monoisotopic (exact) mass is 403 g/mol. The van der Waals surface area contributed by atoms with E-state index >= 15 is 0 Å². The molecule has 0 saturated carbocycles. The zero-order valence-corrected chi connectivity index (χ0v) is 17.1. The summed E-state index contributed by atoms with van der Waals surface area (Å²) in [5, 5.41) is 6.34. The van der Waals surface area contributed by atoms with Gasteiger partial charge in [-0.3, -0.25) is 0 Å². The van der Waals surface area contributed by atoms with Gasteiger partial charge in [0, 0.05) is 11.3 Å². The maximum absolute atomic E-state index is 9.19. The van der Waals surface area contributed by atoms with Crippen LogP contribution in [-0.2, 0) is 16.1 Å². The molecule has 0 N–H and O–H groups in total. The SMILES string of the molecule is C[C@@H]1O[C@H](Oc2ccc3ccccc3c2)C[C@](C)(N=[N+]=[N-])[C@@H]1OCc1ccccc1. The van der Waals surface area contributed by atoms with Crippen LogP contribution in [0.2, 0.25) is 0 Å². The number of benzene rings is 3. The fourth-order valence-corrected chi connectivity index (χ4v) is 4.06. The number of azide groups is 1. The fourth-order valence-electron chi connectivity index (χ4n) is 4.06. The third-order valence-corrected chi connectivity index (χ3v) is 5.52. The lowest BCUT2D eigenvalue weighted by atomic mass is 9.86. The largest absolute Gasteiger partial charge is 0.465 e. The average Bonchev–Trinajstić information content (AvgIpc) is 2.74. The molecule has 0 aliphatic carbocycles. The van der Waals surface area contributed by atoms with E-state index in [0.717, 1.165) is 22.1 Å². The third kappa shape index (κ3) is 4.41. The van der Waals surface area contributed by atoms with E-state index in [1.165, 1.54) is 0 Å². The minimum absolute atomic E-state index is 0.302. The first-order valence-corrected chi connectivity index (χ1v) is 10.1. The van der Waals surface area contributed by atoms with Gasteiger partial charge in [0.25, 0.3) is 0 Å². The van der Waals surface area contributed by atoms with Crippen molar-refractivity contribution in [3.63, 3.8) is 0 Å². The van der Waals surface area contributed by atoms with Gasteiger partial charge in [-0.05, 0) is 40.9 Å². The van der Waals surface area contributed by atoms with Crippen LogP contribution >= 0.6 is 0 Å². The van der Waals surface area contributed by atoms with Crippen LogP contribution in [-0.4, -0.2) is 24.0 Å². The molecule has 0 spiro atoms. The highest BCUT2D eigenvalue weighted by atomic mass is 16.7. The molecule has 1 fully saturated rings. The molecule has 4 rings (SSSR count). The number of hydrogen-bond donors (Lipinski definition) is 0. The van der Waals surface area contributed by atoms with Crippen molar-refractivity contribution in [1.29, 1.82) is 0 Å². The van der Waals surface area contributed by atoms with Crippen molar-refractivity contribution in [1.82, 2.24) is 0 Å². The molecule has 6 heteroatoms. The molecular formula is C24H25N3O3.